The van der Waals surface area contributed by atoms with Crippen LogP contribution < -0.4 is 0 Å². The van der Waals surface area contributed by atoms with Crippen molar-refractivity contribution in [2.45, 2.75) is 0 Å². The molecular formula is C5H8B7N. The molecule has 0 atom stereocenters. The predicted molar refractivity (Wildman–Crippen MR) is 70.3 cm³/mol. The first-order valence-electron chi connectivity index (χ1n) is 4.40. The van der Waals surface area contributed by atoms with Crippen LogP contribution in [0.4, 0.5) is 0 Å². The Morgan fingerprint density at radius 1 is 1.23 bits per heavy atom. The standard InChI is InChI=1S/C5H8B7N/c1-3-6-5(8-7-4-2)13-11-9-10-12-13/h3-4,11-12H,1-2H2. The van der Waals surface area contributed by atoms with Gasteiger partial charge in [0.2, 0.25) is 0 Å². The summed E-state index contributed by atoms with van der Waals surface area (Å²) in [6.45, 7) is 17.7. The van der Waals surface area contributed by atoms with Gasteiger partial charge in [0.25, 0.3) is 0 Å². The van der Waals surface area contributed by atoms with Crippen LogP contribution in [0.5, 0.6) is 0 Å². The van der Waals surface area contributed by atoms with Crippen LogP contribution in [0.25, 0.3) is 0 Å². The molecule has 0 fully saturated rings. The van der Waals surface area contributed by atoms with Gasteiger partial charge in [0.05, 0.1) is 0 Å². The van der Waals surface area contributed by atoms with Crippen molar-refractivity contribution in [3.05, 3.63) is 25.1 Å². The average Bonchev–Trinajstić information content (AvgIpc) is 2.65. The maximum atomic E-state index is 3.70. The molecule has 13 heavy (non-hydrogen) atoms. The zero-order valence-corrected chi connectivity index (χ0v) is 7.82. The van der Waals surface area contributed by atoms with E-state index in [9.17, 15) is 0 Å². The third-order valence-corrected chi connectivity index (χ3v) is 1.88. The van der Waals surface area contributed by atoms with Gasteiger partial charge in [-0.1, -0.05) is 0 Å². The van der Waals surface area contributed by atoms with E-state index in [1.807, 2.05) is 20.5 Å². The van der Waals surface area contributed by atoms with Crippen molar-refractivity contribution in [3.8, 4) is 0 Å². The first-order valence-corrected chi connectivity index (χ1v) is 4.40. The van der Waals surface area contributed by atoms with Gasteiger partial charge in [-0.25, -0.2) is 0 Å². The molecule has 8 heteroatoms. The van der Waals surface area contributed by atoms with Crippen molar-refractivity contribution in [2.75, 3.05) is 0 Å². The summed E-state index contributed by atoms with van der Waals surface area (Å²) in [6.07, 6.45) is 0. The van der Waals surface area contributed by atoms with Crippen molar-refractivity contribution in [3.63, 3.8) is 0 Å². The first-order chi connectivity index (χ1) is 6.38. The molecule has 1 aliphatic heterocycles. The molecule has 0 saturated heterocycles. The molecule has 0 bridgehead atoms. The summed E-state index contributed by atoms with van der Waals surface area (Å²) < 4.78 is 2.27. The minimum absolute atomic E-state index is 0.987. The van der Waals surface area contributed by atoms with E-state index in [1.54, 1.807) is 12.0 Å². The van der Waals surface area contributed by atoms with E-state index >= 15 is 0 Å². The molecule has 1 heterocycles. The topological polar surface area (TPSA) is 3.24 Å². The molecule has 0 spiro atoms. The predicted octanol–water partition coefficient (Wildman–Crippen LogP) is -2.44. The van der Waals surface area contributed by atoms with Gasteiger partial charge in [-0.15, -0.1) is 0 Å². The van der Waals surface area contributed by atoms with Crippen LogP contribution in [0.2, 0.25) is 0 Å². The van der Waals surface area contributed by atoms with E-state index in [0.717, 1.165) is 14.6 Å². The average molecular weight is 158 g/mol. The molecule has 0 aromatic rings. The number of hydrogen-bond acceptors (Lipinski definition) is 1. The second kappa shape index (κ2) is 6.12. The van der Waals surface area contributed by atoms with E-state index in [-0.39, 0.29) is 0 Å². The Balaban J connectivity index is 2.67. The second-order valence-electron chi connectivity index (χ2n) is 2.80. The molecule has 0 aliphatic carbocycles. The summed E-state index contributed by atoms with van der Waals surface area (Å²) >= 11 is 0. The molecule has 0 amide bonds. The molecular weight excluding hydrogens is 150 g/mol. The van der Waals surface area contributed by atoms with Crippen LogP contribution in [-0.4, -0.2) is 58.7 Å². The van der Waals surface area contributed by atoms with Crippen LogP contribution >= 0.6 is 0 Å². The van der Waals surface area contributed by atoms with Crippen LogP contribution in [-0.2, 0) is 0 Å². The molecule has 1 rings (SSSR count). The summed E-state index contributed by atoms with van der Waals surface area (Å²) in [5.74, 6) is 3.58. The molecule has 0 radical (unpaired) electrons. The van der Waals surface area contributed by atoms with Crippen LogP contribution in [0, 0.1) is 0 Å². The molecule has 0 N–H and O–H groups in total. The van der Waals surface area contributed by atoms with Crippen molar-refractivity contribution in [2.24, 2.45) is 0 Å². The van der Waals surface area contributed by atoms with Gasteiger partial charge < -0.3 is 0 Å². The summed E-state index contributed by atoms with van der Waals surface area (Å²) in [4.78, 5) is 0. The summed E-state index contributed by atoms with van der Waals surface area (Å²) in [5.41, 5.74) is 1.18. The van der Waals surface area contributed by atoms with Crippen molar-refractivity contribution in [1.82, 2.24) is 4.72 Å². The van der Waals surface area contributed by atoms with Gasteiger partial charge in [-0.3, -0.25) is 0 Å². The second-order valence-corrected chi connectivity index (χ2v) is 2.80. The quantitative estimate of drug-likeness (QED) is 0.410. The Morgan fingerprint density at radius 2 is 1.92 bits per heavy atom. The molecule has 0 saturated carbocycles. The van der Waals surface area contributed by atoms with Gasteiger partial charge in [-0.2, -0.15) is 0 Å². The Morgan fingerprint density at radius 3 is 2.46 bits per heavy atom. The Kier molecular flexibility index (Phi) is 5.03. The van der Waals surface area contributed by atoms with Gasteiger partial charge in [-0.05, 0) is 0 Å². The summed E-state index contributed by atoms with van der Waals surface area (Å²) in [5, 5.41) is 0. The van der Waals surface area contributed by atoms with E-state index < -0.39 is 0 Å². The summed E-state index contributed by atoms with van der Waals surface area (Å²) in [6, 6.07) is 0. The van der Waals surface area contributed by atoms with E-state index in [4.69, 9.17) is 0 Å². The first kappa shape index (κ1) is 10.7. The Bertz CT molecular complexity index is 273. The van der Waals surface area contributed by atoms with Gasteiger partial charge in [0, 0.05) is 0 Å². The third kappa shape index (κ3) is 3.45. The molecule has 54 valence electrons. The van der Waals surface area contributed by atoms with Gasteiger partial charge >= 0.3 is 83.8 Å². The Hall–Kier alpha value is -0.395. The van der Waals surface area contributed by atoms with Crippen LogP contribution in [0.1, 0.15) is 0 Å². The van der Waals surface area contributed by atoms with Gasteiger partial charge in [0.15, 0.2) is 0 Å². The SMILES string of the molecule is C=CB=BC(=BC=C)N1BB=BB1. The fourth-order valence-corrected chi connectivity index (χ4v) is 1.24. The molecule has 0 aromatic heterocycles. The van der Waals surface area contributed by atoms with Crippen LogP contribution in [0.3, 0.4) is 0 Å². The van der Waals surface area contributed by atoms with Crippen LogP contribution in [0.15, 0.2) is 25.1 Å². The minimum atomic E-state index is 0.987. The van der Waals surface area contributed by atoms with Gasteiger partial charge in [0.1, 0.15) is 0 Å². The monoisotopic (exact) mass is 159 g/mol. The van der Waals surface area contributed by atoms with Crippen molar-refractivity contribution >= 4 is 54.0 Å². The molecule has 0 aromatic carbocycles. The molecule has 1 aliphatic rings. The van der Waals surface area contributed by atoms with Crippen molar-refractivity contribution in [1.29, 1.82) is 0 Å². The maximum absolute atomic E-state index is 3.70. The number of hydrogen-bond donors (Lipinski definition) is 0. The van der Waals surface area contributed by atoms with E-state index in [0.29, 0.717) is 0 Å². The Labute approximate surface area is 84.3 Å². The normalized spacial score (nSPS) is 12.6. The fourth-order valence-electron chi connectivity index (χ4n) is 1.24. The van der Waals surface area contributed by atoms with Crippen molar-refractivity contribution < 1.29 is 0 Å². The third-order valence-electron chi connectivity index (χ3n) is 1.88. The molecule has 1 nitrogen and oxygen atoms in total. The summed E-state index contributed by atoms with van der Waals surface area (Å²) in [7, 11) is 1.97. The number of rotatable bonds is 4. The fraction of sp³-hybridized carbons (Fsp3) is 0. The van der Waals surface area contributed by atoms with E-state index in [1.165, 1.54) is 5.49 Å². The number of nitrogens with zero attached hydrogens (tertiary/aromatic N) is 1. The zero-order chi connectivity index (χ0) is 9.52. The van der Waals surface area contributed by atoms with E-state index in [2.05, 4.69) is 31.3 Å². The zero-order valence-electron chi connectivity index (χ0n) is 7.82. The molecule has 0 unspecified atom stereocenters.